The van der Waals surface area contributed by atoms with Crippen LogP contribution in [0.25, 0.3) is 22.4 Å². The number of aryl methyl sites for hydroxylation is 2. The smallest absolute Gasteiger partial charge is 1.00 e. The van der Waals surface area contributed by atoms with E-state index >= 15 is 0 Å². The van der Waals surface area contributed by atoms with Gasteiger partial charge in [0.2, 0.25) is 0 Å². The van der Waals surface area contributed by atoms with Crippen LogP contribution in [0.4, 0.5) is 0 Å². The van der Waals surface area contributed by atoms with Gasteiger partial charge in [-0.3, -0.25) is 0 Å². The second kappa shape index (κ2) is 10.2. The number of fused-ring (bicyclic) bond motifs is 2. The summed E-state index contributed by atoms with van der Waals surface area (Å²) in [5, 5.41) is 2.72. The summed E-state index contributed by atoms with van der Waals surface area (Å²) in [5.41, 5.74) is 9.63. The van der Waals surface area contributed by atoms with Gasteiger partial charge in [0, 0.05) is 5.92 Å². The molecule has 0 spiro atoms. The molecule has 1 aliphatic rings. The van der Waals surface area contributed by atoms with Crippen molar-refractivity contribution in [1.29, 1.82) is 0 Å². The Hall–Kier alpha value is -1.53. The van der Waals surface area contributed by atoms with Crippen LogP contribution in [0, 0.1) is 6.92 Å². The van der Waals surface area contributed by atoms with Crippen LogP contribution in [0.1, 0.15) is 46.2 Å². The Morgan fingerprint density at radius 3 is 2.27 bits per heavy atom. The van der Waals surface area contributed by atoms with E-state index in [-0.39, 0.29) is 51.0 Å². The number of allylic oxidation sites excluding steroid dienone is 1. The van der Waals surface area contributed by atoms with Gasteiger partial charge in [-0.1, -0.05) is 74.0 Å². The van der Waals surface area contributed by atoms with Gasteiger partial charge in [0.15, 0.2) is 0 Å². The monoisotopic (exact) mass is 507 g/mol. The molecule has 1 unspecified atom stereocenters. The molecule has 0 saturated carbocycles. The summed E-state index contributed by atoms with van der Waals surface area (Å²) in [6, 6.07) is 29.3. The van der Waals surface area contributed by atoms with Crippen LogP contribution < -0.4 is 24.8 Å². The van der Waals surface area contributed by atoms with Crippen LogP contribution in [-0.2, 0) is 32.6 Å². The first kappa shape index (κ1) is 24.7. The van der Waals surface area contributed by atoms with Gasteiger partial charge in [-0.2, -0.15) is 6.07 Å². The minimum Gasteiger partial charge on any atom is -1.00 e. The van der Waals surface area contributed by atoms with Gasteiger partial charge in [0.05, 0.1) is 0 Å². The first-order chi connectivity index (χ1) is 13.2. The van der Waals surface area contributed by atoms with E-state index in [0.29, 0.717) is 5.92 Å². The van der Waals surface area contributed by atoms with Crippen molar-refractivity contribution in [2.24, 2.45) is 0 Å². The van der Waals surface area contributed by atoms with Gasteiger partial charge in [0.1, 0.15) is 0 Å². The summed E-state index contributed by atoms with van der Waals surface area (Å²) >= 11 is 0. The van der Waals surface area contributed by atoms with Crippen molar-refractivity contribution >= 4 is 22.4 Å². The Balaban J connectivity index is 0.00000107. The van der Waals surface area contributed by atoms with Gasteiger partial charge in [-0.05, 0) is 40.3 Å². The van der Waals surface area contributed by atoms with E-state index < -0.39 is 0 Å². The van der Waals surface area contributed by atoms with Crippen LogP contribution in [0.5, 0.6) is 0 Å². The molecule has 149 valence electrons. The third-order valence-corrected chi connectivity index (χ3v) is 5.86. The standard InChI is InChI=1S/C27H23.2ClH.Zr/c1-3-19-11-13-20(14-12-19)26-17-22-7-4-5-9-23(22)27(26)24-10-6-8-21-15-18(2)16-25(21)24;;;/h4-17,27H,3H2,1-2H3;2*1H;/q-1;;;+3/p-2. The molecule has 0 amide bonds. The first-order valence-electron chi connectivity index (χ1n) is 9.80. The third-order valence-electron chi connectivity index (χ3n) is 5.86. The summed E-state index contributed by atoms with van der Waals surface area (Å²) < 4.78 is 0. The van der Waals surface area contributed by atoms with E-state index in [1.54, 1.807) is 0 Å². The van der Waals surface area contributed by atoms with Crippen molar-refractivity contribution in [2.45, 2.75) is 26.2 Å². The zero-order valence-corrected chi connectivity index (χ0v) is 21.1. The van der Waals surface area contributed by atoms with E-state index in [1.807, 2.05) is 0 Å². The largest absolute Gasteiger partial charge is 3.00 e. The average molecular weight is 510 g/mol. The number of hydrogen-bond acceptors (Lipinski definition) is 0. The van der Waals surface area contributed by atoms with Crippen LogP contribution in [0.15, 0.2) is 78.9 Å². The van der Waals surface area contributed by atoms with Gasteiger partial charge < -0.3 is 24.8 Å². The fraction of sp³-hybridized carbons (Fsp3) is 0.148. The Morgan fingerprint density at radius 2 is 1.53 bits per heavy atom. The van der Waals surface area contributed by atoms with E-state index in [4.69, 9.17) is 0 Å². The molecular weight excluding hydrogens is 486 g/mol. The molecule has 0 aliphatic heterocycles. The summed E-state index contributed by atoms with van der Waals surface area (Å²) in [4.78, 5) is 0. The van der Waals surface area contributed by atoms with E-state index in [2.05, 4.69) is 98.8 Å². The Kier molecular flexibility index (Phi) is 8.40. The van der Waals surface area contributed by atoms with Crippen molar-refractivity contribution in [2.75, 3.05) is 0 Å². The summed E-state index contributed by atoms with van der Waals surface area (Å²) in [5.74, 6) is 0.291. The summed E-state index contributed by atoms with van der Waals surface area (Å²) in [6.07, 6.45) is 3.46. The van der Waals surface area contributed by atoms with Crippen molar-refractivity contribution in [3.63, 3.8) is 0 Å². The summed E-state index contributed by atoms with van der Waals surface area (Å²) in [7, 11) is 0. The average Bonchev–Trinajstić information content (AvgIpc) is 3.27. The molecule has 0 nitrogen and oxygen atoms in total. The molecule has 1 aliphatic carbocycles. The Morgan fingerprint density at radius 1 is 0.833 bits per heavy atom. The van der Waals surface area contributed by atoms with Crippen molar-refractivity contribution in [1.82, 2.24) is 0 Å². The van der Waals surface area contributed by atoms with E-state index in [0.717, 1.165) is 6.42 Å². The van der Waals surface area contributed by atoms with Crippen LogP contribution in [0.3, 0.4) is 0 Å². The van der Waals surface area contributed by atoms with E-state index in [9.17, 15) is 0 Å². The van der Waals surface area contributed by atoms with Gasteiger partial charge >= 0.3 is 26.2 Å². The SMILES string of the molecule is CCc1ccc(C2=Cc3ccccc3C2c2cccc3[cH-]c(C)cc23)cc1.[Cl-].[Cl-].[Zr+3]. The number of halogens is 2. The maximum Gasteiger partial charge on any atom is 3.00 e. The van der Waals surface area contributed by atoms with E-state index in [1.165, 1.54) is 49.7 Å². The third kappa shape index (κ3) is 4.26. The van der Waals surface area contributed by atoms with Crippen molar-refractivity contribution in [3.8, 4) is 0 Å². The Bertz CT molecular complexity index is 1170. The minimum atomic E-state index is 0. The molecule has 1 radical (unpaired) electrons. The molecule has 0 fully saturated rings. The second-order valence-corrected chi connectivity index (χ2v) is 7.59. The first-order valence-corrected chi connectivity index (χ1v) is 9.80. The molecule has 3 heteroatoms. The summed E-state index contributed by atoms with van der Waals surface area (Å²) in [6.45, 7) is 4.40. The normalized spacial score (nSPS) is 14.2. The Labute approximate surface area is 210 Å². The van der Waals surface area contributed by atoms with Crippen LogP contribution >= 0.6 is 0 Å². The molecular formula is C27H23Cl2Zr. The maximum absolute atomic E-state index is 2.38. The van der Waals surface area contributed by atoms with Crippen molar-refractivity contribution < 1.29 is 51.0 Å². The fourth-order valence-corrected chi connectivity index (χ4v) is 4.50. The topological polar surface area (TPSA) is 0 Å². The van der Waals surface area contributed by atoms with Crippen LogP contribution in [-0.4, -0.2) is 0 Å². The molecule has 4 aromatic carbocycles. The molecule has 0 N–H and O–H groups in total. The quantitative estimate of drug-likeness (QED) is 0.364. The molecule has 0 aromatic heterocycles. The predicted molar refractivity (Wildman–Crippen MR) is 116 cm³/mol. The molecule has 4 aromatic rings. The number of benzene rings is 3. The number of rotatable bonds is 3. The molecule has 1 atom stereocenters. The van der Waals surface area contributed by atoms with Crippen molar-refractivity contribution in [3.05, 3.63) is 112 Å². The zero-order chi connectivity index (χ0) is 18.4. The maximum atomic E-state index is 2.38. The molecule has 0 bridgehead atoms. The fourth-order valence-electron chi connectivity index (χ4n) is 4.50. The molecule has 0 saturated heterocycles. The van der Waals surface area contributed by atoms with Crippen LogP contribution in [0.2, 0.25) is 0 Å². The van der Waals surface area contributed by atoms with Gasteiger partial charge in [-0.15, -0.1) is 34.5 Å². The van der Waals surface area contributed by atoms with Gasteiger partial charge in [0.25, 0.3) is 0 Å². The van der Waals surface area contributed by atoms with Gasteiger partial charge in [-0.25, -0.2) is 0 Å². The zero-order valence-electron chi connectivity index (χ0n) is 17.1. The predicted octanol–water partition coefficient (Wildman–Crippen LogP) is 1.12. The molecule has 30 heavy (non-hydrogen) atoms. The molecule has 5 rings (SSSR count). The minimum absolute atomic E-state index is 0. The number of hydrogen-bond donors (Lipinski definition) is 0. The molecule has 0 heterocycles. The second-order valence-electron chi connectivity index (χ2n) is 7.59.